The van der Waals surface area contributed by atoms with Crippen LogP contribution >= 0.6 is 0 Å². The summed E-state index contributed by atoms with van der Waals surface area (Å²) in [5.41, 5.74) is 0.724. The van der Waals surface area contributed by atoms with Crippen molar-refractivity contribution in [2.45, 2.75) is 11.4 Å². The summed E-state index contributed by atoms with van der Waals surface area (Å²) < 4.78 is 50.8. The van der Waals surface area contributed by atoms with E-state index >= 15 is 0 Å². The lowest BCUT2D eigenvalue weighted by atomic mass is 10.1. The number of ether oxygens (including phenoxy) is 2. The molecular weight excluding hydrogens is 387 g/mol. The van der Waals surface area contributed by atoms with Gasteiger partial charge in [-0.05, 0) is 35.9 Å². The average molecular weight is 408 g/mol. The molecule has 0 aliphatic carbocycles. The molecule has 0 spiro atoms. The first-order valence-corrected chi connectivity index (χ1v) is 9.69. The van der Waals surface area contributed by atoms with E-state index in [-0.39, 0.29) is 18.7 Å². The van der Waals surface area contributed by atoms with Crippen LogP contribution < -0.4 is 19.5 Å². The standard InChI is InChI=1S/C19H21FN2O5S/c1-4-7-22-28(24,25)18-10-14(5-6-17(18)20)19(23)21-12-13-8-15(26-2)11-16(9-13)27-3/h4-6,8-11,22H,1,7,12H2,2-3H3,(H,21,23). The number of carbonyl (C=O) groups is 1. The van der Waals surface area contributed by atoms with Crippen LogP contribution in [0.25, 0.3) is 0 Å². The van der Waals surface area contributed by atoms with Crippen LogP contribution in [-0.4, -0.2) is 35.1 Å². The summed E-state index contributed by atoms with van der Waals surface area (Å²) >= 11 is 0. The molecule has 150 valence electrons. The van der Waals surface area contributed by atoms with E-state index < -0.39 is 26.6 Å². The molecule has 0 atom stereocenters. The van der Waals surface area contributed by atoms with Crippen molar-refractivity contribution in [1.82, 2.24) is 10.0 Å². The van der Waals surface area contributed by atoms with Crippen LogP contribution in [0.3, 0.4) is 0 Å². The number of halogens is 1. The summed E-state index contributed by atoms with van der Waals surface area (Å²) in [5.74, 6) is -0.383. The molecule has 1 amide bonds. The van der Waals surface area contributed by atoms with Crippen LogP contribution in [0.1, 0.15) is 15.9 Å². The van der Waals surface area contributed by atoms with E-state index in [1.807, 2.05) is 0 Å². The first kappa shape index (κ1) is 21.4. The van der Waals surface area contributed by atoms with Gasteiger partial charge in [0.15, 0.2) is 0 Å². The maximum atomic E-state index is 14.0. The fourth-order valence-corrected chi connectivity index (χ4v) is 3.45. The molecule has 9 heteroatoms. The number of hydrogen-bond donors (Lipinski definition) is 2. The van der Waals surface area contributed by atoms with Crippen molar-refractivity contribution in [3.05, 3.63) is 66.0 Å². The highest BCUT2D eigenvalue weighted by Crippen LogP contribution is 2.22. The minimum Gasteiger partial charge on any atom is -0.497 e. The molecule has 0 aliphatic rings. The molecule has 0 saturated heterocycles. The minimum absolute atomic E-state index is 0.00948. The third-order valence-corrected chi connectivity index (χ3v) is 5.20. The van der Waals surface area contributed by atoms with E-state index in [0.29, 0.717) is 17.1 Å². The van der Waals surface area contributed by atoms with Gasteiger partial charge in [-0.1, -0.05) is 6.08 Å². The van der Waals surface area contributed by atoms with Crippen LogP contribution in [0.5, 0.6) is 11.5 Å². The number of nitrogens with one attached hydrogen (secondary N) is 2. The largest absolute Gasteiger partial charge is 0.497 e. The molecule has 2 N–H and O–H groups in total. The van der Waals surface area contributed by atoms with E-state index in [9.17, 15) is 17.6 Å². The Labute approximate surface area is 163 Å². The summed E-state index contributed by atoms with van der Waals surface area (Å²) in [4.78, 5) is 11.8. The highest BCUT2D eigenvalue weighted by Gasteiger charge is 2.20. The SMILES string of the molecule is C=CCNS(=O)(=O)c1cc(C(=O)NCc2cc(OC)cc(OC)c2)ccc1F. The predicted molar refractivity (Wildman–Crippen MR) is 103 cm³/mol. The molecule has 2 aromatic rings. The molecule has 0 heterocycles. The van der Waals surface area contributed by atoms with Gasteiger partial charge < -0.3 is 14.8 Å². The Morgan fingerprint density at radius 1 is 1.14 bits per heavy atom. The van der Waals surface area contributed by atoms with E-state index in [2.05, 4.69) is 16.6 Å². The molecule has 0 saturated carbocycles. The van der Waals surface area contributed by atoms with Crippen molar-refractivity contribution in [1.29, 1.82) is 0 Å². The molecule has 7 nitrogen and oxygen atoms in total. The molecule has 28 heavy (non-hydrogen) atoms. The third-order valence-electron chi connectivity index (χ3n) is 3.76. The first-order valence-electron chi connectivity index (χ1n) is 8.21. The molecule has 2 aromatic carbocycles. The Bertz CT molecular complexity index is 954. The van der Waals surface area contributed by atoms with Gasteiger partial charge in [0.25, 0.3) is 5.91 Å². The van der Waals surface area contributed by atoms with Gasteiger partial charge >= 0.3 is 0 Å². The summed E-state index contributed by atoms with van der Waals surface area (Å²) in [6, 6.07) is 8.28. The Morgan fingerprint density at radius 3 is 2.36 bits per heavy atom. The second kappa shape index (κ2) is 9.34. The van der Waals surface area contributed by atoms with Crippen molar-refractivity contribution in [3.63, 3.8) is 0 Å². The van der Waals surface area contributed by atoms with Crippen LogP contribution in [0.15, 0.2) is 53.9 Å². The Kier molecular flexibility index (Phi) is 7.13. The Hall–Kier alpha value is -2.91. The number of methoxy groups -OCH3 is 2. The van der Waals surface area contributed by atoms with Crippen molar-refractivity contribution in [2.75, 3.05) is 20.8 Å². The van der Waals surface area contributed by atoms with Crippen LogP contribution in [0, 0.1) is 5.82 Å². The molecule has 0 radical (unpaired) electrons. The van der Waals surface area contributed by atoms with Gasteiger partial charge in [-0.3, -0.25) is 4.79 Å². The van der Waals surface area contributed by atoms with E-state index in [1.54, 1.807) is 18.2 Å². The van der Waals surface area contributed by atoms with Gasteiger partial charge in [-0.15, -0.1) is 6.58 Å². The van der Waals surface area contributed by atoms with Crippen molar-refractivity contribution < 1.29 is 27.1 Å². The third kappa shape index (κ3) is 5.30. The second-order valence-electron chi connectivity index (χ2n) is 5.69. The fraction of sp³-hybridized carbons (Fsp3) is 0.211. The summed E-state index contributed by atoms with van der Waals surface area (Å²) in [7, 11) is -1.08. The summed E-state index contributed by atoms with van der Waals surface area (Å²) in [6.07, 6.45) is 1.33. The molecule has 0 unspecified atom stereocenters. The zero-order chi connectivity index (χ0) is 20.7. The second-order valence-corrected chi connectivity index (χ2v) is 7.42. The molecule has 2 rings (SSSR count). The smallest absolute Gasteiger partial charge is 0.251 e. The van der Waals surface area contributed by atoms with Crippen LogP contribution in [0.4, 0.5) is 4.39 Å². The van der Waals surface area contributed by atoms with Gasteiger partial charge in [-0.2, -0.15) is 0 Å². The highest BCUT2D eigenvalue weighted by atomic mass is 32.2. The van der Waals surface area contributed by atoms with Gasteiger partial charge in [0.05, 0.1) is 14.2 Å². The van der Waals surface area contributed by atoms with Gasteiger partial charge in [0.1, 0.15) is 22.2 Å². The van der Waals surface area contributed by atoms with Gasteiger partial charge in [0, 0.05) is 24.7 Å². The lowest BCUT2D eigenvalue weighted by Crippen LogP contribution is -2.26. The number of hydrogen-bond acceptors (Lipinski definition) is 5. The lowest BCUT2D eigenvalue weighted by molar-refractivity contribution is 0.0950. The van der Waals surface area contributed by atoms with Gasteiger partial charge in [-0.25, -0.2) is 17.5 Å². The van der Waals surface area contributed by atoms with E-state index in [1.165, 1.54) is 26.4 Å². The maximum Gasteiger partial charge on any atom is 0.251 e. The minimum atomic E-state index is -4.10. The normalized spacial score (nSPS) is 11.0. The zero-order valence-electron chi connectivity index (χ0n) is 15.5. The maximum absolute atomic E-state index is 14.0. The number of benzene rings is 2. The predicted octanol–water partition coefficient (Wildman–Crippen LogP) is 2.24. The number of sulfonamides is 1. The number of carbonyl (C=O) groups excluding carboxylic acids is 1. The Morgan fingerprint density at radius 2 is 1.79 bits per heavy atom. The summed E-state index contributed by atoms with van der Waals surface area (Å²) in [6.45, 7) is 3.48. The molecule has 0 bridgehead atoms. The molecule has 0 aliphatic heterocycles. The van der Waals surface area contributed by atoms with Crippen LogP contribution in [0.2, 0.25) is 0 Å². The quantitative estimate of drug-likeness (QED) is 0.621. The topological polar surface area (TPSA) is 93.7 Å². The van der Waals surface area contributed by atoms with E-state index in [0.717, 1.165) is 12.1 Å². The number of rotatable bonds is 9. The van der Waals surface area contributed by atoms with Crippen molar-refractivity contribution in [2.24, 2.45) is 0 Å². The van der Waals surface area contributed by atoms with Gasteiger partial charge in [0.2, 0.25) is 10.0 Å². The van der Waals surface area contributed by atoms with E-state index in [4.69, 9.17) is 9.47 Å². The summed E-state index contributed by atoms with van der Waals surface area (Å²) in [5, 5.41) is 2.66. The fourth-order valence-electron chi connectivity index (χ4n) is 2.35. The van der Waals surface area contributed by atoms with Crippen molar-refractivity contribution in [3.8, 4) is 11.5 Å². The lowest BCUT2D eigenvalue weighted by Gasteiger charge is -2.11. The van der Waals surface area contributed by atoms with Crippen molar-refractivity contribution >= 4 is 15.9 Å². The Balaban J connectivity index is 2.19. The zero-order valence-corrected chi connectivity index (χ0v) is 16.3. The average Bonchev–Trinajstić information content (AvgIpc) is 2.70. The monoisotopic (exact) mass is 408 g/mol. The molecular formula is C19H21FN2O5S. The molecule has 0 fully saturated rings. The van der Waals surface area contributed by atoms with Crippen LogP contribution in [-0.2, 0) is 16.6 Å². The highest BCUT2D eigenvalue weighted by molar-refractivity contribution is 7.89. The first-order chi connectivity index (χ1) is 13.3. The molecule has 0 aromatic heterocycles. The number of amides is 1.